The molecule has 138 valence electrons. The molecule has 1 aliphatic heterocycles. The Labute approximate surface area is 149 Å². The zero-order valence-corrected chi connectivity index (χ0v) is 15.1. The molecule has 0 spiro atoms. The third-order valence-corrected chi connectivity index (χ3v) is 4.42. The quantitative estimate of drug-likeness (QED) is 0.770. The second-order valence-electron chi connectivity index (χ2n) is 6.31. The van der Waals surface area contributed by atoms with Crippen molar-refractivity contribution in [2.24, 2.45) is 0 Å². The van der Waals surface area contributed by atoms with Crippen LogP contribution in [0.2, 0.25) is 0 Å². The lowest BCUT2D eigenvalue weighted by atomic mass is 10.0. The topological polar surface area (TPSA) is 67.9 Å². The van der Waals surface area contributed by atoms with Crippen molar-refractivity contribution in [3.05, 3.63) is 29.8 Å². The van der Waals surface area contributed by atoms with Crippen molar-refractivity contribution in [2.45, 2.75) is 45.1 Å². The van der Waals surface area contributed by atoms with Crippen molar-refractivity contribution < 1.29 is 19.1 Å². The Hall–Kier alpha value is -2.24. The summed E-state index contributed by atoms with van der Waals surface area (Å²) in [6, 6.07) is 7.64. The van der Waals surface area contributed by atoms with Crippen LogP contribution in [0.15, 0.2) is 24.3 Å². The van der Waals surface area contributed by atoms with E-state index in [-0.39, 0.29) is 18.0 Å². The number of hydrogen-bond acceptors (Lipinski definition) is 4. The Bertz CT molecular complexity index is 551. The van der Waals surface area contributed by atoms with Crippen molar-refractivity contribution in [3.8, 4) is 5.75 Å². The van der Waals surface area contributed by atoms with Crippen LogP contribution in [0.3, 0.4) is 0 Å². The number of ether oxygens (including phenoxy) is 2. The van der Waals surface area contributed by atoms with E-state index in [1.807, 2.05) is 29.2 Å². The van der Waals surface area contributed by atoms with Crippen LogP contribution >= 0.6 is 0 Å². The first-order valence-corrected chi connectivity index (χ1v) is 8.96. The van der Waals surface area contributed by atoms with Crippen molar-refractivity contribution in [2.75, 3.05) is 26.8 Å². The van der Waals surface area contributed by atoms with Gasteiger partial charge in [0.25, 0.3) is 0 Å². The van der Waals surface area contributed by atoms with E-state index in [9.17, 15) is 9.59 Å². The molecule has 2 rings (SSSR count). The largest absolute Gasteiger partial charge is 0.497 e. The van der Waals surface area contributed by atoms with E-state index in [0.29, 0.717) is 26.1 Å². The summed E-state index contributed by atoms with van der Waals surface area (Å²) in [4.78, 5) is 25.9. The fourth-order valence-electron chi connectivity index (χ4n) is 2.82. The molecule has 25 heavy (non-hydrogen) atoms. The number of piperidine rings is 1. The van der Waals surface area contributed by atoms with Gasteiger partial charge in [-0.15, -0.1) is 0 Å². The lowest BCUT2D eigenvalue weighted by Gasteiger charge is -2.32. The number of nitrogens with zero attached hydrogens (tertiary/aromatic N) is 1. The number of amides is 2. The summed E-state index contributed by atoms with van der Waals surface area (Å²) >= 11 is 0. The van der Waals surface area contributed by atoms with E-state index in [1.54, 1.807) is 7.11 Å². The minimum Gasteiger partial charge on any atom is -0.497 e. The summed E-state index contributed by atoms with van der Waals surface area (Å²) in [7, 11) is 1.62. The maximum atomic E-state index is 12.4. The Kier molecular flexibility index (Phi) is 7.57. The summed E-state index contributed by atoms with van der Waals surface area (Å²) in [6.45, 7) is 3.84. The molecule has 6 heteroatoms. The third-order valence-electron chi connectivity index (χ3n) is 4.42. The van der Waals surface area contributed by atoms with E-state index in [4.69, 9.17) is 9.47 Å². The van der Waals surface area contributed by atoms with Crippen LogP contribution < -0.4 is 10.1 Å². The number of alkyl carbamates (subject to hydrolysis) is 1. The summed E-state index contributed by atoms with van der Waals surface area (Å²) in [6.07, 6.45) is 3.44. The number of unbranched alkanes of at least 4 members (excludes halogenated alkanes) is 1. The molecule has 2 amide bonds. The average molecular weight is 348 g/mol. The van der Waals surface area contributed by atoms with E-state index < -0.39 is 0 Å². The molecule has 1 aromatic carbocycles. The molecule has 0 aliphatic carbocycles. The number of hydrogen-bond donors (Lipinski definition) is 1. The first-order valence-electron chi connectivity index (χ1n) is 8.96. The molecule has 0 unspecified atom stereocenters. The minimum absolute atomic E-state index is 0.0826. The molecule has 0 bridgehead atoms. The molecule has 1 aromatic rings. The van der Waals surface area contributed by atoms with Gasteiger partial charge in [-0.05, 0) is 37.0 Å². The highest BCUT2D eigenvalue weighted by atomic mass is 16.5. The van der Waals surface area contributed by atoms with E-state index in [2.05, 4.69) is 12.2 Å². The second kappa shape index (κ2) is 9.91. The Morgan fingerprint density at radius 1 is 1.20 bits per heavy atom. The van der Waals surface area contributed by atoms with Crippen LogP contribution in [0, 0.1) is 0 Å². The average Bonchev–Trinajstić information content (AvgIpc) is 2.63. The van der Waals surface area contributed by atoms with Gasteiger partial charge in [0.2, 0.25) is 5.91 Å². The highest BCUT2D eigenvalue weighted by Crippen LogP contribution is 2.15. The van der Waals surface area contributed by atoms with Crippen LogP contribution in [-0.2, 0) is 16.0 Å². The van der Waals surface area contributed by atoms with Gasteiger partial charge in [0.05, 0.1) is 20.1 Å². The standard InChI is InChI=1S/C19H28N2O4/c1-3-4-13-25-19(23)20-16-9-11-21(12-10-16)18(22)14-15-5-7-17(24-2)8-6-15/h5-8,16H,3-4,9-14H2,1-2H3,(H,20,23). The third kappa shape index (κ3) is 6.29. The van der Waals surface area contributed by atoms with Crippen molar-refractivity contribution in [3.63, 3.8) is 0 Å². The number of carbonyl (C=O) groups excluding carboxylic acids is 2. The van der Waals surface area contributed by atoms with E-state index in [0.717, 1.165) is 37.0 Å². The van der Waals surface area contributed by atoms with E-state index >= 15 is 0 Å². The molecule has 1 fully saturated rings. The monoisotopic (exact) mass is 348 g/mol. The van der Waals surface area contributed by atoms with Crippen molar-refractivity contribution >= 4 is 12.0 Å². The van der Waals surface area contributed by atoms with Gasteiger partial charge >= 0.3 is 6.09 Å². The number of likely N-dealkylation sites (tertiary alicyclic amines) is 1. The molecule has 1 heterocycles. The maximum absolute atomic E-state index is 12.4. The smallest absolute Gasteiger partial charge is 0.407 e. The molecule has 0 atom stereocenters. The SMILES string of the molecule is CCCCOC(=O)NC1CCN(C(=O)Cc2ccc(OC)cc2)CC1. The molecule has 1 saturated heterocycles. The molecule has 0 radical (unpaired) electrons. The summed E-state index contributed by atoms with van der Waals surface area (Å²) in [5.41, 5.74) is 0.977. The van der Waals surface area contributed by atoms with Crippen molar-refractivity contribution in [1.82, 2.24) is 10.2 Å². The number of benzene rings is 1. The van der Waals surface area contributed by atoms with Crippen LogP contribution in [-0.4, -0.2) is 49.7 Å². The summed E-state index contributed by atoms with van der Waals surface area (Å²) < 4.78 is 10.2. The Balaban J connectivity index is 1.71. The number of carbonyl (C=O) groups is 2. The van der Waals surface area contributed by atoms with Gasteiger partial charge < -0.3 is 19.7 Å². The first kappa shape index (κ1) is 19.1. The second-order valence-corrected chi connectivity index (χ2v) is 6.31. The van der Waals surface area contributed by atoms with Gasteiger partial charge in [-0.3, -0.25) is 4.79 Å². The number of nitrogens with one attached hydrogen (secondary N) is 1. The van der Waals surface area contributed by atoms with Crippen molar-refractivity contribution in [1.29, 1.82) is 0 Å². The van der Waals surface area contributed by atoms with Gasteiger partial charge in [0.1, 0.15) is 5.75 Å². The van der Waals surface area contributed by atoms with Gasteiger partial charge in [-0.1, -0.05) is 25.5 Å². The van der Waals surface area contributed by atoms with Crippen LogP contribution in [0.1, 0.15) is 38.2 Å². The van der Waals surface area contributed by atoms with Crippen LogP contribution in [0.5, 0.6) is 5.75 Å². The van der Waals surface area contributed by atoms with Gasteiger partial charge in [-0.25, -0.2) is 4.79 Å². The highest BCUT2D eigenvalue weighted by molar-refractivity contribution is 5.79. The number of methoxy groups -OCH3 is 1. The normalized spacial score (nSPS) is 14.9. The fraction of sp³-hybridized carbons (Fsp3) is 0.579. The number of rotatable bonds is 7. The molecule has 1 N–H and O–H groups in total. The van der Waals surface area contributed by atoms with Gasteiger partial charge in [-0.2, -0.15) is 0 Å². The fourth-order valence-corrected chi connectivity index (χ4v) is 2.82. The molecule has 0 saturated carbocycles. The summed E-state index contributed by atoms with van der Waals surface area (Å²) in [5, 5.41) is 2.89. The van der Waals surface area contributed by atoms with E-state index in [1.165, 1.54) is 0 Å². The molecular formula is C19H28N2O4. The van der Waals surface area contributed by atoms with Gasteiger partial charge in [0, 0.05) is 19.1 Å². The molecule has 6 nitrogen and oxygen atoms in total. The maximum Gasteiger partial charge on any atom is 0.407 e. The molecule has 1 aliphatic rings. The van der Waals surface area contributed by atoms with Crippen LogP contribution in [0.4, 0.5) is 4.79 Å². The zero-order chi connectivity index (χ0) is 18.1. The molecular weight excluding hydrogens is 320 g/mol. The minimum atomic E-state index is -0.351. The highest BCUT2D eigenvalue weighted by Gasteiger charge is 2.24. The summed E-state index contributed by atoms with van der Waals surface area (Å²) in [5.74, 6) is 0.906. The molecule has 0 aromatic heterocycles. The lowest BCUT2D eigenvalue weighted by Crippen LogP contribution is -2.47. The lowest BCUT2D eigenvalue weighted by molar-refractivity contribution is -0.131. The Morgan fingerprint density at radius 2 is 1.88 bits per heavy atom. The zero-order valence-electron chi connectivity index (χ0n) is 15.1. The predicted molar refractivity (Wildman–Crippen MR) is 95.7 cm³/mol. The van der Waals surface area contributed by atoms with Gasteiger partial charge in [0.15, 0.2) is 0 Å². The predicted octanol–water partition coefficient (Wildman–Crippen LogP) is 2.76. The first-order chi connectivity index (χ1) is 12.1. The van der Waals surface area contributed by atoms with Crippen LogP contribution in [0.25, 0.3) is 0 Å². The Morgan fingerprint density at radius 3 is 2.48 bits per heavy atom.